The van der Waals surface area contributed by atoms with E-state index in [1.54, 1.807) is 18.2 Å². The normalized spacial score (nSPS) is 10.3. The van der Waals surface area contributed by atoms with E-state index in [0.29, 0.717) is 15.8 Å². The fourth-order valence-corrected chi connectivity index (χ4v) is 2.31. The summed E-state index contributed by atoms with van der Waals surface area (Å²) in [4.78, 5) is 20.2. The Labute approximate surface area is 128 Å². The third-order valence-electron chi connectivity index (χ3n) is 2.60. The van der Waals surface area contributed by atoms with Crippen LogP contribution in [0.4, 0.5) is 5.13 Å². The molecule has 0 saturated carbocycles. The lowest BCUT2D eigenvalue weighted by atomic mass is 10.1. The molecule has 0 aliphatic rings. The van der Waals surface area contributed by atoms with E-state index in [4.69, 9.17) is 11.6 Å². The maximum Gasteiger partial charge on any atom is 0.276 e. The number of amides is 1. The largest absolute Gasteiger partial charge is 0.295 e. The average molecular weight is 318 g/mol. The van der Waals surface area contributed by atoms with Gasteiger partial charge >= 0.3 is 0 Å². The van der Waals surface area contributed by atoms with Crippen molar-refractivity contribution in [2.75, 3.05) is 5.32 Å². The van der Waals surface area contributed by atoms with Crippen LogP contribution >= 0.6 is 22.9 Å². The predicted octanol–water partition coefficient (Wildman–Crippen LogP) is 2.90. The number of carbonyl (C=O) groups excluding carboxylic acids is 1. The number of benzene rings is 1. The van der Waals surface area contributed by atoms with Gasteiger partial charge in [-0.1, -0.05) is 35.1 Å². The minimum Gasteiger partial charge on any atom is -0.295 e. The molecule has 0 radical (unpaired) electrons. The standard InChI is InChI=1S/C13H8ClN5OS/c14-9-3-1-2-8(4-9)10-5-11(16-6-15-10)12(20)18-13-19-17-7-21-13/h1-7H,(H,18,19,20). The molecule has 8 heteroatoms. The maximum atomic E-state index is 12.1. The number of rotatable bonds is 3. The van der Waals surface area contributed by atoms with Crippen molar-refractivity contribution in [1.29, 1.82) is 0 Å². The molecule has 0 aliphatic carbocycles. The number of aromatic nitrogens is 4. The molecule has 3 rings (SSSR count). The number of hydrogen-bond donors (Lipinski definition) is 1. The molecule has 0 aliphatic heterocycles. The van der Waals surface area contributed by atoms with Gasteiger partial charge in [0.05, 0.1) is 5.69 Å². The first-order chi connectivity index (χ1) is 10.2. The van der Waals surface area contributed by atoms with Gasteiger partial charge in [0.2, 0.25) is 5.13 Å². The van der Waals surface area contributed by atoms with Crippen molar-refractivity contribution in [3.63, 3.8) is 0 Å². The summed E-state index contributed by atoms with van der Waals surface area (Å²) < 4.78 is 0. The molecule has 3 aromatic rings. The van der Waals surface area contributed by atoms with E-state index in [0.717, 1.165) is 5.56 Å². The van der Waals surface area contributed by atoms with Gasteiger partial charge in [-0.25, -0.2) is 9.97 Å². The first kappa shape index (κ1) is 13.6. The highest BCUT2D eigenvalue weighted by molar-refractivity contribution is 7.13. The molecule has 6 nitrogen and oxygen atoms in total. The zero-order valence-corrected chi connectivity index (χ0v) is 12.1. The van der Waals surface area contributed by atoms with Crippen LogP contribution in [-0.4, -0.2) is 26.1 Å². The van der Waals surface area contributed by atoms with E-state index in [2.05, 4.69) is 25.5 Å². The van der Waals surface area contributed by atoms with Crippen molar-refractivity contribution >= 4 is 34.0 Å². The first-order valence-electron chi connectivity index (χ1n) is 5.88. The molecule has 2 aromatic heterocycles. The number of anilines is 1. The van der Waals surface area contributed by atoms with Crippen LogP contribution in [0.1, 0.15) is 10.5 Å². The highest BCUT2D eigenvalue weighted by Crippen LogP contribution is 2.21. The predicted molar refractivity (Wildman–Crippen MR) is 80.3 cm³/mol. The molecule has 0 atom stereocenters. The van der Waals surface area contributed by atoms with E-state index in [1.807, 2.05) is 12.1 Å². The zero-order valence-electron chi connectivity index (χ0n) is 10.5. The van der Waals surface area contributed by atoms with E-state index in [-0.39, 0.29) is 11.6 Å². The van der Waals surface area contributed by atoms with Crippen LogP contribution in [0.15, 0.2) is 42.2 Å². The van der Waals surface area contributed by atoms with Crippen LogP contribution < -0.4 is 5.32 Å². The van der Waals surface area contributed by atoms with Gasteiger partial charge in [-0.15, -0.1) is 10.2 Å². The molecule has 0 saturated heterocycles. The van der Waals surface area contributed by atoms with E-state index < -0.39 is 0 Å². The lowest BCUT2D eigenvalue weighted by Gasteiger charge is -2.04. The SMILES string of the molecule is O=C(Nc1nncs1)c1cc(-c2cccc(Cl)c2)ncn1. The third kappa shape index (κ3) is 3.21. The van der Waals surface area contributed by atoms with Gasteiger partial charge in [-0.05, 0) is 18.2 Å². The summed E-state index contributed by atoms with van der Waals surface area (Å²) in [5.74, 6) is -0.363. The van der Waals surface area contributed by atoms with E-state index in [9.17, 15) is 4.79 Å². The van der Waals surface area contributed by atoms with Crippen molar-refractivity contribution in [2.45, 2.75) is 0 Å². The number of hydrogen-bond acceptors (Lipinski definition) is 6. The lowest BCUT2D eigenvalue weighted by molar-refractivity contribution is 0.102. The van der Waals surface area contributed by atoms with Gasteiger partial charge in [0.1, 0.15) is 17.5 Å². The molecule has 0 fully saturated rings. The van der Waals surface area contributed by atoms with Crippen molar-refractivity contribution in [3.05, 3.63) is 52.9 Å². The summed E-state index contributed by atoms with van der Waals surface area (Å²) in [6.07, 6.45) is 1.34. The van der Waals surface area contributed by atoms with Gasteiger partial charge in [0.25, 0.3) is 5.91 Å². The molecule has 1 N–H and O–H groups in total. The van der Waals surface area contributed by atoms with Crippen molar-refractivity contribution in [2.24, 2.45) is 0 Å². The molecule has 1 amide bonds. The second kappa shape index (κ2) is 5.94. The monoisotopic (exact) mass is 317 g/mol. The fraction of sp³-hybridized carbons (Fsp3) is 0. The van der Waals surface area contributed by atoms with Crippen LogP contribution in [0.3, 0.4) is 0 Å². The van der Waals surface area contributed by atoms with Crippen LogP contribution in [0.25, 0.3) is 11.3 Å². The molecule has 0 unspecified atom stereocenters. The summed E-state index contributed by atoms with van der Waals surface area (Å²) in [6, 6.07) is 8.83. The molecule has 0 spiro atoms. The zero-order chi connectivity index (χ0) is 14.7. The summed E-state index contributed by atoms with van der Waals surface area (Å²) in [6.45, 7) is 0. The summed E-state index contributed by atoms with van der Waals surface area (Å²) in [5.41, 5.74) is 3.22. The van der Waals surface area contributed by atoms with Crippen LogP contribution in [0.2, 0.25) is 5.02 Å². The van der Waals surface area contributed by atoms with Gasteiger partial charge in [0, 0.05) is 10.6 Å². The minimum atomic E-state index is -0.363. The summed E-state index contributed by atoms with van der Waals surface area (Å²) in [7, 11) is 0. The lowest BCUT2D eigenvalue weighted by Crippen LogP contribution is -2.13. The molecule has 1 aromatic carbocycles. The Morgan fingerprint density at radius 3 is 2.90 bits per heavy atom. The Morgan fingerprint density at radius 2 is 2.14 bits per heavy atom. The van der Waals surface area contributed by atoms with E-state index in [1.165, 1.54) is 23.2 Å². The molecular formula is C13H8ClN5OS. The van der Waals surface area contributed by atoms with Gasteiger partial charge in [-0.2, -0.15) is 0 Å². The fourth-order valence-electron chi connectivity index (χ4n) is 1.68. The Kier molecular flexibility index (Phi) is 3.85. The number of carbonyl (C=O) groups is 1. The number of nitrogens with zero attached hydrogens (tertiary/aromatic N) is 4. The maximum absolute atomic E-state index is 12.1. The molecular weight excluding hydrogens is 310 g/mol. The van der Waals surface area contributed by atoms with Gasteiger partial charge < -0.3 is 0 Å². The molecule has 0 bridgehead atoms. The van der Waals surface area contributed by atoms with Crippen molar-refractivity contribution in [3.8, 4) is 11.3 Å². The smallest absolute Gasteiger partial charge is 0.276 e. The molecule has 104 valence electrons. The highest BCUT2D eigenvalue weighted by atomic mass is 35.5. The van der Waals surface area contributed by atoms with Crippen LogP contribution in [-0.2, 0) is 0 Å². The Bertz CT molecular complexity index is 778. The van der Waals surface area contributed by atoms with Gasteiger partial charge in [0.15, 0.2) is 0 Å². The van der Waals surface area contributed by atoms with Gasteiger partial charge in [-0.3, -0.25) is 10.1 Å². The topological polar surface area (TPSA) is 80.7 Å². The van der Waals surface area contributed by atoms with E-state index >= 15 is 0 Å². The Morgan fingerprint density at radius 1 is 1.24 bits per heavy atom. The average Bonchev–Trinajstić information content (AvgIpc) is 3.00. The summed E-state index contributed by atoms with van der Waals surface area (Å²) >= 11 is 7.19. The minimum absolute atomic E-state index is 0.246. The number of halogens is 1. The molecule has 2 heterocycles. The first-order valence-corrected chi connectivity index (χ1v) is 7.13. The van der Waals surface area contributed by atoms with Crippen LogP contribution in [0, 0.1) is 0 Å². The highest BCUT2D eigenvalue weighted by Gasteiger charge is 2.11. The Hall–Kier alpha value is -2.38. The number of nitrogens with one attached hydrogen (secondary N) is 1. The third-order valence-corrected chi connectivity index (χ3v) is 3.44. The second-order valence-corrected chi connectivity index (χ2v) is 5.27. The molecule has 21 heavy (non-hydrogen) atoms. The quantitative estimate of drug-likeness (QED) is 0.803. The van der Waals surface area contributed by atoms with Crippen molar-refractivity contribution < 1.29 is 4.79 Å². The van der Waals surface area contributed by atoms with Crippen molar-refractivity contribution in [1.82, 2.24) is 20.2 Å². The van der Waals surface area contributed by atoms with Crippen LogP contribution in [0.5, 0.6) is 0 Å². The second-order valence-electron chi connectivity index (χ2n) is 4.00. The Balaban J connectivity index is 1.88. The summed E-state index contributed by atoms with van der Waals surface area (Å²) in [5, 5.41) is 11.0.